The molecule has 0 saturated carbocycles. The summed E-state index contributed by atoms with van der Waals surface area (Å²) in [4.78, 5) is 20.0. The number of aromatic nitrogens is 1. The molecule has 0 bridgehead atoms. The third-order valence-corrected chi connectivity index (χ3v) is 6.36. The topological polar surface area (TPSA) is 54.5 Å². The summed E-state index contributed by atoms with van der Waals surface area (Å²) in [7, 11) is 2.13. The SMILES string of the molecule is CN1CCC(C(=O)N[C@H]2COC[C@H]2Cc2ccncc2)(c2ccccc2)CC1. The molecule has 0 radical (unpaired) electrons. The number of hydrogen-bond acceptors (Lipinski definition) is 4. The van der Waals surface area contributed by atoms with E-state index in [1.54, 1.807) is 0 Å². The fourth-order valence-corrected chi connectivity index (χ4v) is 4.49. The zero-order valence-electron chi connectivity index (χ0n) is 16.5. The number of amides is 1. The van der Waals surface area contributed by atoms with Crippen LogP contribution in [0, 0.1) is 5.92 Å². The van der Waals surface area contributed by atoms with Crippen LogP contribution in [0.4, 0.5) is 0 Å². The lowest BCUT2D eigenvalue weighted by atomic mass is 9.71. The summed E-state index contributed by atoms with van der Waals surface area (Å²) in [6.07, 6.45) is 6.24. The van der Waals surface area contributed by atoms with Gasteiger partial charge in [-0.15, -0.1) is 0 Å². The number of carbonyl (C=O) groups excluding carboxylic acids is 1. The number of piperidine rings is 1. The van der Waals surface area contributed by atoms with Crippen LogP contribution in [0.3, 0.4) is 0 Å². The van der Waals surface area contributed by atoms with E-state index in [1.807, 2.05) is 42.7 Å². The quantitative estimate of drug-likeness (QED) is 0.867. The number of pyridine rings is 1. The molecule has 1 N–H and O–H groups in total. The van der Waals surface area contributed by atoms with E-state index in [9.17, 15) is 4.79 Å². The van der Waals surface area contributed by atoms with Crippen LogP contribution in [0.15, 0.2) is 54.9 Å². The predicted octanol–water partition coefficient (Wildman–Crippen LogP) is 2.42. The predicted molar refractivity (Wildman–Crippen MR) is 109 cm³/mol. The Morgan fingerprint density at radius 1 is 1.14 bits per heavy atom. The summed E-state index contributed by atoms with van der Waals surface area (Å²) in [5, 5.41) is 3.37. The zero-order valence-corrected chi connectivity index (χ0v) is 16.5. The van der Waals surface area contributed by atoms with Crippen molar-refractivity contribution < 1.29 is 9.53 Å². The van der Waals surface area contributed by atoms with Gasteiger partial charge in [0.05, 0.1) is 24.7 Å². The summed E-state index contributed by atoms with van der Waals surface area (Å²) < 4.78 is 5.75. The van der Waals surface area contributed by atoms with Gasteiger partial charge in [-0.05, 0) is 62.7 Å². The highest BCUT2D eigenvalue weighted by Gasteiger charge is 2.44. The molecule has 2 saturated heterocycles. The van der Waals surface area contributed by atoms with Gasteiger partial charge in [0.15, 0.2) is 0 Å². The van der Waals surface area contributed by atoms with Crippen molar-refractivity contribution in [2.45, 2.75) is 30.7 Å². The average Bonchev–Trinajstić information content (AvgIpc) is 3.16. The van der Waals surface area contributed by atoms with Crippen LogP contribution in [0.5, 0.6) is 0 Å². The van der Waals surface area contributed by atoms with E-state index in [1.165, 1.54) is 5.56 Å². The minimum absolute atomic E-state index is 0.0564. The Morgan fingerprint density at radius 2 is 1.86 bits per heavy atom. The molecule has 3 heterocycles. The molecule has 0 spiro atoms. The summed E-state index contributed by atoms with van der Waals surface area (Å²) in [5.74, 6) is 0.451. The van der Waals surface area contributed by atoms with E-state index in [0.29, 0.717) is 19.1 Å². The molecule has 2 atom stereocenters. The number of nitrogens with zero attached hydrogens (tertiary/aromatic N) is 2. The van der Waals surface area contributed by atoms with E-state index in [2.05, 4.69) is 34.4 Å². The molecule has 2 fully saturated rings. The van der Waals surface area contributed by atoms with Gasteiger partial charge in [0, 0.05) is 18.3 Å². The molecule has 148 valence electrons. The second kappa shape index (κ2) is 8.41. The fourth-order valence-electron chi connectivity index (χ4n) is 4.49. The molecular weight excluding hydrogens is 350 g/mol. The van der Waals surface area contributed by atoms with Crippen LogP contribution >= 0.6 is 0 Å². The molecule has 1 aromatic heterocycles. The molecule has 0 aliphatic carbocycles. The lowest BCUT2D eigenvalue weighted by Gasteiger charge is -2.40. The molecule has 4 rings (SSSR count). The largest absolute Gasteiger partial charge is 0.379 e. The minimum Gasteiger partial charge on any atom is -0.379 e. The van der Waals surface area contributed by atoms with Crippen molar-refractivity contribution in [3.8, 4) is 0 Å². The lowest BCUT2D eigenvalue weighted by Crippen LogP contribution is -2.54. The van der Waals surface area contributed by atoms with Crippen LogP contribution < -0.4 is 5.32 Å². The molecule has 1 amide bonds. The smallest absolute Gasteiger partial charge is 0.231 e. The number of benzene rings is 1. The third-order valence-electron chi connectivity index (χ3n) is 6.36. The average molecular weight is 380 g/mol. The first-order valence-corrected chi connectivity index (χ1v) is 10.2. The van der Waals surface area contributed by atoms with Gasteiger partial charge in [-0.1, -0.05) is 30.3 Å². The van der Waals surface area contributed by atoms with Crippen LogP contribution in [-0.4, -0.2) is 55.2 Å². The van der Waals surface area contributed by atoms with Crippen molar-refractivity contribution in [3.05, 3.63) is 66.0 Å². The fraction of sp³-hybridized carbons (Fsp3) is 0.478. The Labute approximate surface area is 167 Å². The summed E-state index contributed by atoms with van der Waals surface area (Å²) >= 11 is 0. The van der Waals surface area contributed by atoms with E-state index in [4.69, 9.17) is 4.74 Å². The first kappa shape index (κ1) is 19.1. The summed E-state index contributed by atoms with van der Waals surface area (Å²) in [6, 6.07) is 14.4. The summed E-state index contributed by atoms with van der Waals surface area (Å²) in [6.45, 7) is 3.15. The Kier molecular flexibility index (Phi) is 5.74. The standard InChI is InChI=1S/C23H29N3O2/c1-26-13-9-23(10-14-26,20-5-3-2-4-6-20)22(27)25-21-17-28-16-19(21)15-18-7-11-24-12-8-18/h2-8,11-12,19,21H,9-10,13-17H2,1H3,(H,25,27)/t19-,21+/m1/s1. The Morgan fingerprint density at radius 3 is 2.57 bits per heavy atom. The molecule has 5 nitrogen and oxygen atoms in total. The van der Waals surface area contributed by atoms with Crippen molar-refractivity contribution in [2.24, 2.45) is 5.92 Å². The van der Waals surface area contributed by atoms with Gasteiger partial charge >= 0.3 is 0 Å². The van der Waals surface area contributed by atoms with Gasteiger partial charge < -0.3 is 15.0 Å². The van der Waals surface area contributed by atoms with Gasteiger partial charge in [-0.25, -0.2) is 0 Å². The first-order valence-electron chi connectivity index (χ1n) is 10.2. The van der Waals surface area contributed by atoms with Gasteiger partial charge in [-0.3, -0.25) is 9.78 Å². The van der Waals surface area contributed by atoms with Crippen molar-refractivity contribution in [1.82, 2.24) is 15.2 Å². The number of likely N-dealkylation sites (tertiary alicyclic amines) is 1. The van der Waals surface area contributed by atoms with Crippen molar-refractivity contribution in [2.75, 3.05) is 33.4 Å². The van der Waals surface area contributed by atoms with Crippen LogP contribution in [0.1, 0.15) is 24.0 Å². The van der Waals surface area contributed by atoms with E-state index in [-0.39, 0.29) is 11.9 Å². The molecule has 28 heavy (non-hydrogen) atoms. The maximum atomic E-state index is 13.6. The second-order valence-electron chi connectivity index (χ2n) is 8.19. The van der Waals surface area contributed by atoms with Gasteiger partial charge in [-0.2, -0.15) is 0 Å². The molecule has 2 aliphatic heterocycles. The maximum Gasteiger partial charge on any atom is 0.231 e. The number of nitrogens with one attached hydrogen (secondary N) is 1. The van der Waals surface area contributed by atoms with Crippen LogP contribution in [0.2, 0.25) is 0 Å². The van der Waals surface area contributed by atoms with E-state index in [0.717, 1.165) is 37.9 Å². The molecule has 0 unspecified atom stereocenters. The first-order chi connectivity index (χ1) is 13.7. The highest BCUT2D eigenvalue weighted by molar-refractivity contribution is 5.88. The van der Waals surface area contributed by atoms with E-state index >= 15 is 0 Å². The van der Waals surface area contributed by atoms with Crippen LogP contribution in [-0.2, 0) is 21.4 Å². The minimum atomic E-state index is -0.447. The molecule has 5 heteroatoms. The Bertz CT molecular complexity index is 773. The van der Waals surface area contributed by atoms with Crippen molar-refractivity contribution >= 4 is 5.91 Å². The number of ether oxygens (including phenoxy) is 1. The molecule has 1 aromatic carbocycles. The molecular formula is C23H29N3O2. The van der Waals surface area contributed by atoms with Gasteiger partial charge in [0.25, 0.3) is 0 Å². The van der Waals surface area contributed by atoms with Crippen LogP contribution in [0.25, 0.3) is 0 Å². The number of rotatable bonds is 5. The highest BCUT2D eigenvalue weighted by atomic mass is 16.5. The summed E-state index contributed by atoms with van der Waals surface area (Å²) in [5.41, 5.74) is 1.92. The lowest BCUT2D eigenvalue weighted by molar-refractivity contribution is -0.129. The normalized spacial score (nSPS) is 24.8. The third kappa shape index (κ3) is 3.96. The number of hydrogen-bond donors (Lipinski definition) is 1. The Hall–Kier alpha value is -2.24. The zero-order chi connectivity index (χ0) is 19.4. The maximum absolute atomic E-state index is 13.6. The molecule has 2 aromatic rings. The Balaban J connectivity index is 1.51. The highest BCUT2D eigenvalue weighted by Crippen LogP contribution is 2.36. The number of carbonyl (C=O) groups is 1. The molecule has 2 aliphatic rings. The van der Waals surface area contributed by atoms with Crippen molar-refractivity contribution in [3.63, 3.8) is 0 Å². The van der Waals surface area contributed by atoms with E-state index < -0.39 is 5.41 Å². The van der Waals surface area contributed by atoms with Gasteiger partial charge in [0.2, 0.25) is 5.91 Å². The van der Waals surface area contributed by atoms with Gasteiger partial charge in [0.1, 0.15) is 0 Å². The second-order valence-corrected chi connectivity index (χ2v) is 8.19. The monoisotopic (exact) mass is 379 g/mol. The van der Waals surface area contributed by atoms with Crippen molar-refractivity contribution in [1.29, 1.82) is 0 Å².